The molecule has 2 N–H and O–H groups in total. The first-order valence-electron chi connectivity index (χ1n) is 8.89. The third kappa shape index (κ3) is 6.29. The Morgan fingerprint density at radius 2 is 2.13 bits per heavy atom. The predicted molar refractivity (Wildman–Crippen MR) is 110 cm³/mol. The van der Waals surface area contributed by atoms with Crippen LogP contribution in [-0.4, -0.2) is 50.9 Å². The van der Waals surface area contributed by atoms with Crippen molar-refractivity contribution in [3.63, 3.8) is 0 Å². The summed E-state index contributed by atoms with van der Waals surface area (Å²) in [5.74, 6) is -0.167. The number of nitrogens with zero attached hydrogens (tertiary/aromatic N) is 4. The van der Waals surface area contributed by atoms with Crippen molar-refractivity contribution in [2.45, 2.75) is 19.6 Å². The van der Waals surface area contributed by atoms with E-state index in [9.17, 15) is 9.59 Å². The Balaban J connectivity index is 1.38. The summed E-state index contributed by atoms with van der Waals surface area (Å²) >= 11 is 9.13. The lowest BCUT2D eigenvalue weighted by Crippen LogP contribution is -2.40. The third-order valence-electron chi connectivity index (χ3n) is 3.76. The normalized spacial score (nSPS) is 11.7. The standard InChI is InChI=1S/C18H18BrClN6O4/c1-11(29-14-4-2-3-12(19)7-14)16(27)21-5-6-22-17(28)18-24-15(25-30-18)10-26-9-13(20)8-23-26/h2-4,7-9,11H,5-6,10H2,1H3,(H,21,27)(H,22,28)/t11-/m1/s1. The van der Waals surface area contributed by atoms with E-state index in [1.807, 2.05) is 12.1 Å². The fourth-order valence-corrected chi connectivity index (χ4v) is 2.89. The van der Waals surface area contributed by atoms with Gasteiger partial charge in [-0.1, -0.05) is 38.8 Å². The van der Waals surface area contributed by atoms with Crippen molar-refractivity contribution in [2.24, 2.45) is 0 Å². The highest BCUT2D eigenvalue weighted by Crippen LogP contribution is 2.18. The van der Waals surface area contributed by atoms with Gasteiger partial charge in [0, 0.05) is 23.8 Å². The fraction of sp³-hybridized carbons (Fsp3) is 0.278. The highest BCUT2D eigenvalue weighted by Gasteiger charge is 2.17. The van der Waals surface area contributed by atoms with Gasteiger partial charge in [0.15, 0.2) is 11.9 Å². The second-order valence-corrected chi connectivity index (χ2v) is 7.49. The van der Waals surface area contributed by atoms with Gasteiger partial charge in [-0.05, 0) is 25.1 Å². The summed E-state index contributed by atoms with van der Waals surface area (Å²) in [4.78, 5) is 28.2. The Labute approximate surface area is 185 Å². The van der Waals surface area contributed by atoms with E-state index in [0.29, 0.717) is 10.8 Å². The topological polar surface area (TPSA) is 124 Å². The molecule has 2 aromatic heterocycles. The van der Waals surface area contributed by atoms with E-state index < -0.39 is 12.0 Å². The molecule has 0 spiro atoms. The van der Waals surface area contributed by atoms with Gasteiger partial charge >= 0.3 is 11.8 Å². The van der Waals surface area contributed by atoms with E-state index >= 15 is 0 Å². The summed E-state index contributed by atoms with van der Waals surface area (Å²) in [7, 11) is 0. The summed E-state index contributed by atoms with van der Waals surface area (Å²) in [6.07, 6.45) is 2.39. The highest BCUT2D eigenvalue weighted by molar-refractivity contribution is 9.10. The van der Waals surface area contributed by atoms with Crippen LogP contribution in [0.15, 0.2) is 45.7 Å². The molecule has 2 heterocycles. The SMILES string of the molecule is C[C@@H](Oc1cccc(Br)c1)C(=O)NCCNC(=O)c1nc(Cn2cc(Cl)cn2)no1. The van der Waals surface area contributed by atoms with Gasteiger partial charge in [0.05, 0.1) is 11.2 Å². The number of amides is 2. The molecule has 0 radical (unpaired) electrons. The lowest BCUT2D eigenvalue weighted by atomic mass is 10.3. The number of carbonyl (C=O) groups excluding carboxylic acids is 2. The zero-order chi connectivity index (χ0) is 21.5. The molecule has 0 aliphatic rings. The molecule has 0 saturated heterocycles. The molecule has 30 heavy (non-hydrogen) atoms. The van der Waals surface area contributed by atoms with E-state index in [2.05, 4.69) is 41.8 Å². The Kier molecular flexibility index (Phi) is 7.41. The zero-order valence-electron chi connectivity index (χ0n) is 15.8. The van der Waals surface area contributed by atoms with Crippen LogP contribution in [0.25, 0.3) is 0 Å². The first-order valence-corrected chi connectivity index (χ1v) is 10.1. The average molecular weight is 498 g/mol. The van der Waals surface area contributed by atoms with Crippen molar-refractivity contribution in [3.8, 4) is 5.75 Å². The third-order valence-corrected chi connectivity index (χ3v) is 4.44. The number of benzene rings is 1. The first kappa shape index (κ1) is 21.8. The number of hydrogen-bond donors (Lipinski definition) is 2. The van der Waals surface area contributed by atoms with Crippen molar-refractivity contribution >= 4 is 39.3 Å². The number of nitrogens with one attached hydrogen (secondary N) is 2. The first-order chi connectivity index (χ1) is 14.4. The highest BCUT2D eigenvalue weighted by atomic mass is 79.9. The van der Waals surface area contributed by atoms with Crippen molar-refractivity contribution in [3.05, 3.63) is 57.9 Å². The monoisotopic (exact) mass is 496 g/mol. The van der Waals surface area contributed by atoms with Crippen LogP contribution >= 0.6 is 27.5 Å². The maximum absolute atomic E-state index is 12.1. The summed E-state index contributed by atoms with van der Waals surface area (Å²) in [6.45, 7) is 2.25. The van der Waals surface area contributed by atoms with Crippen LogP contribution < -0.4 is 15.4 Å². The lowest BCUT2D eigenvalue weighted by Gasteiger charge is -2.15. The van der Waals surface area contributed by atoms with Crippen molar-refractivity contribution < 1.29 is 18.8 Å². The van der Waals surface area contributed by atoms with Gasteiger partial charge in [-0.25, -0.2) is 0 Å². The Morgan fingerprint density at radius 1 is 1.33 bits per heavy atom. The lowest BCUT2D eigenvalue weighted by molar-refractivity contribution is -0.127. The van der Waals surface area contributed by atoms with Gasteiger partial charge in [0.25, 0.3) is 5.91 Å². The molecular weight excluding hydrogens is 480 g/mol. The van der Waals surface area contributed by atoms with E-state index in [-0.39, 0.29) is 37.3 Å². The van der Waals surface area contributed by atoms with E-state index in [0.717, 1.165) is 4.47 Å². The van der Waals surface area contributed by atoms with Gasteiger partial charge in [-0.3, -0.25) is 14.3 Å². The molecule has 3 aromatic rings. The summed E-state index contributed by atoms with van der Waals surface area (Å²) in [5.41, 5.74) is 0. The van der Waals surface area contributed by atoms with Crippen LogP contribution in [0.5, 0.6) is 5.75 Å². The van der Waals surface area contributed by atoms with E-state index in [1.54, 1.807) is 25.3 Å². The quantitative estimate of drug-likeness (QED) is 0.434. The Hall–Kier alpha value is -2.92. The maximum Gasteiger partial charge on any atom is 0.316 e. The van der Waals surface area contributed by atoms with Crippen LogP contribution in [0.3, 0.4) is 0 Å². The zero-order valence-corrected chi connectivity index (χ0v) is 18.2. The molecule has 0 bridgehead atoms. The van der Waals surface area contributed by atoms with Gasteiger partial charge in [-0.2, -0.15) is 10.1 Å². The minimum atomic E-state index is -0.690. The Morgan fingerprint density at radius 3 is 2.87 bits per heavy atom. The molecule has 10 nitrogen and oxygen atoms in total. The molecule has 0 aliphatic heterocycles. The molecule has 0 aliphatic carbocycles. The maximum atomic E-state index is 12.1. The van der Waals surface area contributed by atoms with E-state index in [1.165, 1.54) is 10.9 Å². The van der Waals surface area contributed by atoms with Crippen LogP contribution in [0.2, 0.25) is 5.02 Å². The predicted octanol–water partition coefficient (Wildman–Crippen LogP) is 2.04. The summed E-state index contributed by atoms with van der Waals surface area (Å²) < 4.78 is 12.9. The second-order valence-electron chi connectivity index (χ2n) is 6.14. The van der Waals surface area contributed by atoms with Crippen LogP contribution in [0.1, 0.15) is 23.4 Å². The van der Waals surface area contributed by atoms with E-state index in [4.69, 9.17) is 20.9 Å². The minimum Gasteiger partial charge on any atom is -0.481 e. The number of carbonyl (C=O) groups is 2. The van der Waals surface area contributed by atoms with Gasteiger partial charge < -0.3 is 19.9 Å². The number of hydrogen-bond acceptors (Lipinski definition) is 7. The molecule has 1 atom stereocenters. The van der Waals surface area contributed by atoms with Gasteiger partial charge in [0.1, 0.15) is 12.3 Å². The van der Waals surface area contributed by atoms with Gasteiger partial charge in [-0.15, -0.1) is 0 Å². The van der Waals surface area contributed by atoms with Gasteiger partial charge in [0.2, 0.25) is 0 Å². The molecule has 158 valence electrons. The summed E-state index contributed by atoms with van der Waals surface area (Å²) in [5, 5.41) is 13.5. The number of aromatic nitrogens is 4. The molecule has 2 amide bonds. The molecule has 0 fully saturated rings. The van der Waals surface area contributed by atoms with Crippen LogP contribution in [0, 0.1) is 0 Å². The van der Waals surface area contributed by atoms with Crippen molar-refractivity contribution in [1.82, 2.24) is 30.6 Å². The van der Waals surface area contributed by atoms with Crippen LogP contribution in [-0.2, 0) is 11.3 Å². The number of ether oxygens (including phenoxy) is 1. The molecule has 12 heteroatoms. The average Bonchev–Trinajstić information content (AvgIpc) is 3.34. The number of halogens is 2. The largest absolute Gasteiger partial charge is 0.481 e. The second kappa shape index (κ2) is 10.2. The smallest absolute Gasteiger partial charge is 0.316 e. The van der Waals surface area contributed by atoms with Crippen molar-refractivity contribution in [2.75, 3.05) is 13.1 Å². The molecule has 0 saturated carbocycles. The number of rotatable bonds is 9. The molecule has 3 rings (SSSR count). The molecule has 1 aromatic carbocycles. The summed E-state index contributed by atoms with van der Waals surface area (Å²) in [6, 6.07) is 7.20. The Bertz CT molecular complexity index is 1020. The molecular formula is C18H18BrClN6O4. The molecule has 0 unspecified atom stereocenters. The minimum absolute atomic E-state index is 0.180. The fourth-order valence-electron chi connectivity index (χ4n) is 2.36. The van der Waals surface area contributed by atoms with Crippen LogP contribution in [0.4, 0.5) is 0 Å². The van der Waals surface area contributed by atoms with Crippen molar-refractivity contribution in [1.29, 1.82) is 0 Å².